The predicted molar refractivity (Wildman–Crippen MR) is 133 cm³/mol. The summed E-state index contributed by atoms with van der Waals surface area (Å²) in [5.41, 5.74) is -0.0736. The van der Waals surface area contributed by atoms with Gasteiger partial charge in [-0.25, -0.2) is 14.1 Å². The van der Waals surface area contributed by atoms with Crippen LogP contribution in [0.4, 0.5) is 10.1 Å². The predicted octanol–water partition coefficient (Wildman–Crippen LogP) is 5.45. The second-order valence-corrected chi connectivity index (χ2v) is 9.34. The fourth-order valence-corrected chi connectivity index (χ4v) is 4.64. The zero-order valence-corrected chi connectivity index (χ0v) is 22.0. The minimum Gasteiger partial charge on any atom is -0.465 e. The number of amides is 2. The first-order chi connectivity index (χ1) is 16.7. The molecule has 0 heterocycles. The number of carbonyl (C=O) groups excluding carboxylic acids is 4. The maximum atomic E-state index is 15.0. The van der Waals surface area contributed by atoms with Crippen LogP contribution in [0.1, 0.15) is 52.4 Å². The molecule has 0 saturated carbocycles. The van der Waals surface area contributed by atoms with Gasteiger partial charge in [-0.15, -0.1) is 23.4 Å². The molecule has 1 aromatic carbocycles. The maximum Gasteiger partial charge on any atom is 0.334 e. The molecule has 0 aliphatic heterocycles. The molecular weight excluding hydrogens is 520 g/mol. The number of carbonyl (C=O) groups is 4. The van der Waals surface area contributed by atoms with Gasteiger partial charge in [-0.05, 0) is 51.2 Å². The lowest BCUT2D eigenvalue weighted by molar-refractivity contribution is -0.140. The molecule has 2 amide bonds. The number of hydrogen-bond donors (Lipinski definition) is 0. The molecule has 0 fully saturated rings. The van der Waals surface area contributed by atoms with Crippen molar-refractivity contribution in [1.82, 2.24) is 0 Å². The van der Waals surface area contributed by atoms with Crippen LogP contribution in [0.25, 0.3) is 0 Å². The van der Waals surface area contributed by atoms with E-state index >= 15 is 4.39 Å². The van der Waals surface area contributed by atoms with E-state index < -0.39 is 35.5 Å². The van der Waals surface area contributed by atoms with Crippen molar-refractivity contribution >= 4 is 64.4 Å². The third-order valence-electron chi connectivity index (χ3n) is 5.16. The summed E-state index contributed by atoms with van der Waals surface area (Å²) in [4.78, 5) is 51.6. The van der Waals surface area contributed by atoms with Crippen molar-refractivity contribution in [3.63, 3.8) is 0 Å². The molecule has 0 aromatic heterocycles. The Kier molecular flexibility index (Phi) is 12.0. The average Bonchev–Trinajstić information content (AvgIpc) is 2.84. The Hall–Kier alpha value is -2.10. The summed E-state index contributed by atoms with van der Waals surface area (Å²) >= 11 is 12.9. The van der Waals surface area contributed by atoms with Gasteiger partial charge in [0.05, 0.1) is 29.7 Å². The molecule has 11 heteroatoms. The Morgan fingerprint density at radius 1 is 1.09 bits per heavy atom. The molecular formula is C24H28Cl2FNO6S. The number of anilines is 1. The van der Waals surface area contributed by atoms with E-state index in [1.54, 1.807) is 6.92 Å². The van der Waals surface area contributed by atoms with Crippen LogP contribution in [-0.4, -0.2) is 48.6 Å². The van der Waals surface area contributed by atoms with Crippen LogP contribution < -0.4 is 4.90 Å². The van der Waals surface area contributed by atoms with Crippen LogP contribution in [-0.2, 0) is 28.7 Å². The van der Waals surface area contributed by atoms with Crippen molar-refractivity contribution in [3.8, 4) is 0 Å². The van der Waals surface area contributed by atoms with Crippen molar-refractivity contribution in [2.75, 3.05) is 29.7 Å². The van der Waals surface area contributed by atoms with Crippen LogP contribution in [0.5, 0.6) is 0 Å². The SMILES string of the molecule is CCCCOC(=O)C1=C(C(=O)N(C(=O)CCl)c2cc(SCC(=O)OCC)c(Cl)cc2F)CCCC1. The number of rotatable bonds is 11. The van der Waals surface area contributed by atoms with E-state index in [-0.39, 0.29) is 52.1 Å². The number of unbranched alkanes of at least 4 members (excludes halogenated alkanes) is 1. The molecule has 1 aliphatic carbocycles. The Morgan fingerprint density at radius 2 is 1.77 bits per heavy atom. The first-order valence-corrected chi connectivity index (χ1v) is 13.2. The Labute approximate surface area is 218 Å². The third kappa shape index (κ3) is 7.95. The summed E-state index contributed by atoms with van der Waals surface area (Å²) in [6.45, 7) is 4.04. The van der Waals surface area contributed by atoms with E-state index in [1.807, 2.05) is 6.92 Å². The highest BCUT2D eigenvalue weighted by Crippen LogP contribution is 2.36. The van der Waals surface area contributed by atoms with Crippen LogP contribution in [0, 0.1) is 5.82 Å². The number of alkyl halides is 1. The van der Waals surface area contributed by atoms with Crippen molar-refractivity contribution in [2.45, 2.75) is 57.3 Å². The average molecular weight is 548 g/mol. The first kappa shape index (κ1) is 29.1. The van der Waals surface area contributed by atoms with Gasteiger partial charge in [0.1, 0.15) is 11.7 Å². The number of nitrogens with zero attached hydrogens (tertiary/aromatic N) is 1. The summed E-state index contributed by atoms with van der Waals surface area (Å²) in [6, 6.07) is 2.17. The Balaban J connectivity index is 2.46. The summed E-state index contributed by atoms with van der Waals surface area (Å²) in [6.07, 6.45) is 3.38. The molecule has 35 heavy (non-hydrogen) atoms. The molecule has 0 spiro atoms. The summed E-state index contributed by atoms with van der Waals surface area (Å²) in [7, 11) is 0. The number of benzene rings is 1. The van der Waals surface area contributed by atoms with Gasteiger partial charge in [0.2, 0.25) is 5.91 Å². The zero-order valence-electron chi connectivity index (χ0n) is 19.7. The zero-order chi connectivity index (χ0) is 26.0. The number of thioether (sulfide) groups is 1. The molecule has 0 unspecified atom stereocenters. The molecule has 0 N–H and O–H groups in total. The smallest absolute Gasteiger partial charge is 0.334 e. The molecule has 0 atom stereocenters. The lowest BCUT2D eigenvalue weighted by Gasteiger charge is -2.26. The van der Waals surface area contributed by atoms with E-state index in [4.69, 9.17) is 32.7 Å². The second-order valence-electron chi connectivity index (χ2n) is 7.65. The maximum absolute atomic E-state index is 15.0. The summed E-state index contributed by atoms with van der Waals surface area (Å²) < 4.78 is 25.2. The first-order valence-electron chi connectivity index (χ1n) is 11.3. The standard InChI is InChI=1S/C24H28Cl2FNO6S/c1-3-5-10-34-24(32)16-9-7-6-8-15(16)23(31)28(21(29)13-25)19-12-20(17(26)11-18(19)27)35-14-22(30)33-4-2/h11-12H,3-10,13-14H2,1-2H3. The number of esters is 2. The van der Waals surface area contributed by atoms with Crippen molar-refractivity contribution in [3.05, 3.63) is 34.1 Å². The summed E-state index contributed by atoms with van der Waals surface area (Å²) in [5, 5.41) is 0.00310. The molecule has 192 valence electrons. The van der Waals surface area contributed by atoms with Crippen molar-refractivity contribution in [2.24, 2.45) is 0 Å². The van der Waals surface area contributed by atoms with E-state index in [0.717, 1.165) is 24.2 Å². The normalized spacial score (nSPS) is 13.4. The molecule has 0 radical (unpaired) electrons. The van der Waals surface area contributed by atoms with E-state index in [9.17, 15) is 19.2 Å². The highest BCUT2D eigenvalue weighted by atomic mass is 35.5. The molecule has 7 nitrogen and oxygen atoms in total. The van der Waals surface area contributed by atoms with E-state index in [2.05, 4.69) is 0 Å². The largest absolute Gasteiger partial charge is 0.465 e. The number of hydrogen-bond acceptors (Lipinski definition) is 7. The van der Waals surface area contributed by atoms with Gasteiger partial charge >= 0.3 is 11.9 Å². The molecule has 2 rings (SSSR count). The highest BCUT2D eigenvalue weighted by Gasteiger charge is 2.33. The lowest BCUT2D eigenvalue weighted by Crippen LogP contribution is -2.40. The van der Waals surface area contributed by atoms with Gasteiger partial charge in [0.15, 0.2) is 0 Å². The van der Waals surface area contributed by atoms with Crippen LogP contribution >= 0.6 is 35.0 Å². The molecule has 0 bridgehead atoms. The van der Waals surface area contributed by atoms with Crippen LogP contribution in [0.3, 0.4) is 0 Å². The van der Waals surface area contributed by atoms with Crippen molar-refractivity contribution in [1.29, 1.82) is 0 Å². The van der Waals surface area contributed by atoms with E-state index in [1.165, 1.54) is 6.07 Å². The minimum absolute atomic E-state index is 0.00310. The monoisotopic (exact) mass is 547 g/mol. The lowest BCUT2D eigenvalue weighted by atomic mass is 9.90. The van der Waals surface area contributed by atoms with Gasteiger partial charge in [-0.1, -0.05) is 24.9 Å². The van der Waals surface area contributed by atoms with Crippen LogP contribution in [0.15, 0.2) is 28.2 Å². The van der Waals surface area contributed by atoms with Gasteiger partial charge in [-0.3, -0.25) is 14.4 Å². The fraction of sp³-hybridized carbons (Fsp3) is 0.500. The van der Waals surface area contributed by atoms with Crippen LogP contribution in [0.2, 0.25) is 5.02 Å². The molecule has 0 saturated heterocycles. The summed E-state index contributed by atoms with van der Waals surface area (Å²) in [5.74, 6) is -4.43. The number of ether oxygens (including phenoxy) is 2. The highest BCUT2D eigenvalue weighted by molar-refractivity contribution is 8.00. The van der Waals surface area contributed by atoms with Gasteiger partial charge in [0, 0.05) is 16.0 Å². The number of halogens is 3. The Morgan fingerprint density at radius 3 is 2.40 bits per heavy atom. The number of imide groups is 1. The van der Waals surface area contributed by atoms with Gasteiger partial charge in [-0.2, -0.15) is 0 Å². The van der Waals surface area contributed by atoms with E-state index in [0.29, 0.717) is 30.6 Å². The molecule has 1 aliphatic rings. The molecule has 1 aromatic rings. The third-order valence-corrected chi connectivity index (χ3v) is 6.85. The van der Waals surface area contributed by atoms with Gasteiger partial charge < -0.3 is 9.47 Å². The minimum atomic E-state index is -0.925. The van der Waals surface area contributed by atoms with Crippen molar-refractivity contribution < 1.29 is 33.0 Å². The van der Waals surface area contributed by atoms with Gasteiger partial charge in [0.25, 0.3) is 5.91 Å². The second kappa shape index (κ2) is 14.5. The fourth-order valence-electron chi connectivity index (χ4n) is 3.45. The quantitative estimate of drug-likeness (QED) is 0.157. The Bertz CT molecular complexity index is 1000. The topological polar surface area (TPSA) is 90.0 Å².